The molecule has 0 spiro atoms. The molecule has 0 radical (unpaired) electrons. The molecular weight excluding hydrogens is 409 g/mol. The lowest BCUT2D eigenvalue weighted by Crippen LogP contribution is -2.22. The number of halogens is 3. The standard InChI is InChI=1S/C27H33F3N2/c1-2-3-4-5-7-10-20-13-15-23(16-14-20)27(22-11-8-6-9-12-22)32-31-19-21-17-24(28)26(30)25(29)18-21/h6,8-9,11-12,17-20,23H,2-5,7,10,13-16H2,1H3. The molecule has 172 valence electrons. The number of unbranched alkanes of at least 4 members (excludes halogenated alkanes) is 4. The van der Waals surface area contributed by atoms with Crippen LogP contribution in [-0.2, 0) is 0 Å². The normalized spacial score (nSPS) is 19.6. The molecule has 0 amide bonds. The lowest BCUT2D eigenvalue weighted by atomic mass is 9.76. The van der Waals surface area contributed by atoms with Crippen LogP contribution in [0.5, 0.6) is 0 Å². The number of hydrogen-bond acceptors (Lipinski definition) is 2. The van der Waals surface area contributed by atoms with Gasteiger partial charge in [0.1, 0.15) is 0 Å². The second-order valence-electron chi connectivity index (χ2n) is 8.81. The molecule has 1 aliphatic carbocycles. The van der Waals surface area contributed by atoms with Gasteiger partial charge in [-0.15, -0.1) is 0 Å². The highest BCUT2D eigenvalue weighted by atomic mass is 19.2. The van der Waals surface area contributed by atoms with Gasteiger partial charge in [-0.3, -0.25) is 0 Å². The van der Waals surface area contributed by atoms with Gasteiger partial charge in [0.2, 0.25) is 0 Å². The van der Waals surface area contributed by atoms with Crippen LogP contribution in [0.25, 0.3) is 0 Å². The minimum absolute atomic E-state index is 0.143. The SMILES string of the molecule is CCCCCCCC1CCC(C(=NN=Cc2cc(F)c(F)c(F)c2)c2ccccc2)CC1. The van der Waals surface area contributed by atoms with E-state index in [1.807, 2.05) is 30.3 Å². The van der Waals surface area contributed by atoms with E-state index in [0.29, 0.717) is 5.92 Å². The smallest absolute Gasteiger partial charge is 0.194 e. The minimum Gasteiger partial charge on any atom is -0.204 e. The Morgan fingerprint density at radius 2 is 1.56 bits per heavy atom. The van der Waals surface area contributed by atoms with Crippen LogP contribution in [-0.4, -0.2) is 11.9 Å². The lowest BCUT2D eigenvalue weighted by molar-refractivity contribution is 0.298. The predicted octanol–water partition coefficient (Wildman–Crippen LogP) is 8.09. The first-order valence-electron chi connectivity index (χ1n) is 11.9. The number of nitrogens with zero attached hydrogens (tertiary/aromatic N) is 2. The maximum atomic E-state index is 13.5. The van der Waals surface area contributed by atoms with Crippen molar-refractivity contribution in [2.45, 2.75) is 71.1 Å². The Hall–Kier alpha value is -2.43. The monoisotopic (exact) mass is 442 g/mol. The summed E-state index contributed by atoms with van der Waals surface area (Å²) in [7, 11) is 0. The minimum atomic E-state index is -1.47. The molecule has 3 rings (SSSR count). The van der Waals surface area contributed by atoms with Crippen molar-refractivity contribution in [1.82, 2.24) is 0 Å². The molecule has 2 aromatic carbocycles. The highest BCUT2D eigenvalue weighted by Gasteiger charge is 2.25. The van der Waals surface area contributed by atoms with Crippen molar-refractivity contribution in [3.05, 3.63) is 71.0 Å². The molecule has 1 fully saturated rings. The van der Waals surface area contributed by atoms with Crippen LogP contribution < -0.4 is 0 Å². The number of benzene rings is 2. The van der Waals surface area contributed by atoms with Gasteiger partial charge in [0.15, 0.2) is 17.5 Å². The van der Waals surface area contributed by atoms with Crippen LogP contribution in [0.15, 0.2) is 52.7 Å². The van der Waals surface area contributed by atoms with Gasteiger partial charge >= 0.3 is 0 Å². The van der Waals surface area contributed by atoms with E-state index >= 15 is 0 Å². The lowest BCUT2D eigenvalue weighted by Gasteiger charge is -2.29. The average molecular weight is 443 g/mol. The Kier molecular flexibility index (Phi) is 9.51. The summed E-state index contributed by atoms with van der Waals surface area (Å²) in [6.45, 7) is 2.24. The van der Waals surface area contributed by atoms with Gasteiger partial charge in [-0.1, -0.05) is 75.8 Å². The van der Waals surface area contributed by atoms with Crippen LogP contribution in [0.4, 0.5) is 13.2 Å². The van der Waals surface area contributed by atoms with Gasteiger partial charge in [-0.25, -0.2) is 13.2 Å². The first-order valence-corrected chi connectivity index (χ1v) is 11.9. The summed E-state index contributed by atoms with van der Waals surface area (Å²) in [5, 5.41) is 8.57. The van der Waals surface area contributed by atoms with Crippen LogP contribution in [0.1, 0.15) is 82.3 Å². The fourth-order valence-corrected chi connectivity index (χ4v) is 4.55. The first kappa shape index (κ1) is 24.2. The molecule has 2 aromatic rings. The van der Waals surface area contributed by atoms with E-state index in [9.17, 15) is 13.2 Å². The van der Waals surface area contributed by atoms with Crippen molar-refractivity contribution in [3.63, 3.8) is 0 Å². The maximum absolute atomic E-state index is 13.5. The Bertz CT molecular complexity index is 877. The third-order valence-corrected chi connectivity index (χ3v) is 6.40. The summed E-state index contributed by atoms with van der Waals surface area (Å²) in [5.74, 6) is -2.83. The predicted molar refractivity (Wildman–Crippen MR) is 126 cm³/mol. The van der Waals surface area contributed by atoms with Crippen molar-refractivity contribution in [1.29, 1.82) is 0 Å². The number of rotatable bonds is 10. The Morgan fingerprint density at radius 1 is 0.906 bits per heavy atom. The van der Waals surface area contributed by atoms with Crippen molar-refractivity contribution in [2.75, 3.05) is 0 Å². The van der Waals surface area contributed by atoms with E-state index in [1.165, 1.54) is 57.6 Å². The molecule has 0 atom stereocenters. The van der Waals surface area contributed by atoms with Crippen molar-refractivity contribution in [3.8, 4) is 0 Å². The van der Waals surface area contributed by atoms with E-state index in [4.69, 9.17) is 0 Å². The molecule has 0 unspecified atom stereocenters. The van der Waals surface area contributed by atoms with Gasteiger partial charge in [-0.2, -0.15) is 10.2 Å². The average Bonchev–Trinajstić information content (AvgIpc) is 2.81. The summed E-state index contributed by atoms with van der Waals surface area (Å²) in [5.41, 5.74) is 2.07. The van der Waals surface area contributed by atoms with E-state index in [2.05, 4.69) is 17.1 Å². The van der Waals surface area contributed by atoms with Gasteiger partial charge in [0.25, 0.3) is 0 Å². The third kappa shape index (κ3) is 7.04. The van der Waals surface area contributed by atoms with E-state index in [0.717, 1.165) is 42.2 Å². The topological polar surface area (TPSA) is 24.7 Å². The van der Waals surface area contributed by atoms with Crippen LogP contribution in [0.2, 0.25) is 0 Å². The molecule has 0 heterocycles. The Morgan fingerprint density at radius 3 is 2.22 bits per heavy atom. The molecule has 32 heavy (non-hydrogen) atoms. The second kappa shape index (κ2) is 12.6. The van der Waals surface area contributed by atoms with E-state index in [-0.39, 0.29) is 5.56 Å². The Labute approximate surface area is 189 Å². The van der Waals surface area contributed by atoms with E-state index < -0.39 is 17.5 Å². The van der Waals surface area contributed by atoms with E-state index in [1.54, 1.807) is 0 Å². The summed E-state index contributed by atoms with van der Waals surface area (Å²) in [6, 6.07) is 11.8. The zero-order valence-corrected chi connectivity index (χ0v) is 18.9. The van der Waals surface area contributed by atoms with Crippen LogP contribution in [0.3, 0.4) is 0 Å². The van der Waals surface area contributed by atoms with Gasteiger partial charge < -0.3 is 0 Å². The largest absolute Gasteiger partial charge is 0.204 e. The van der Waals surface area contributed by atoms with Gasteiger partial charge in [0.05, 0.1) is 11.9 Å². The molecule has 0 bridgehead atoms. The van der Waals surface area contributed by atoms with Crippen LogP contribution in [0, 0.1) is 29.3 Å². The summed E-state index contributed by atoms with van der Waals surface area (Å²) >= 11 is 0. The third-order valence-electron chi connectivity index (χ3n) is 6.40. The summed E-state index contributed by atoms with van der Waals surface area (Å²) < 4.78 is 40.1. The van der Waals surface area contributed by atoms with Crippen molar-refractivity contribution < 1.29 is 13.2 Å². The molecule has 0 aliphatic heterocycles. The fourth-order valence-electron chi connectivity index (χ4n) is 4.55. The number of hydrogen-bond donors (Lipinski definition) is 0. The van der Waals surface area contributed by atoms with Crippen molar-refractivity contribution in [2.24, 2.45) is 22.0 Å². The summed E-state index contributed by atoms with van der Waals surface area (Å²) in [4.78, 5) is 0. The highest BCUT2D eigenvalue weighted by molar-refractivity contribution is 6.02. The molecular formula is C27H33F3N2. The molecule has 0 saturated heterocycles. The molecule has 1 saturated carbocycles. The van der Waals surface area contributed by atoms with Gasteiger partial charge in [-0.05, 0) is 49.3 Å². The molecule has 0 N–H and O–H groups in total. The second-order valence-corrected chi connectivity index (χ2v) is 8.81. The van der Waals surface area contributed by atoms with Gasteiger partial charge in [0, 0.05) is 11.5 Å². The molecule has 2 nitrogen and oxygen atoms in total. The quantitative estimate of drug-likeness (QED) is 0.154. The maximum Gasteiger partial charge on any atom is 0.194 e. The van der Waals surface area contributed by atoms with Crippen molar-refractivity contribution >= 4 is 11.9 Å². The fraction of sp³-hybridized carbons (Fsp3) is 0.481. The zero-order valence-electron chi connectivity index (χ0n) is 18.9. The molecule has 5 heteroatoms. The first-order chi connectivity index (χ1) is 15.6. The zero-order chi connectivity index (χ0) is 22.8. The molecule has 1 aliphatic rings. The molecule has 0 aromatic heterocycles. The summed E-state index contributed by atoms with van der Waals surface area (Å²) in [6.07, 6.45) is 13.7. The Balaban J connectivity index is 1.66. The highest BCUT2D eigenvalue weighted by Crippen LogP contribution is 2.34. The van der Waals surface area contributed by atoms with Crippen LogP contribution >= 0.6 is 0 Å².